The van der Waals surface area contributed by atoms with Crippen molar-refractivity contribution in [2.75, 3.05) is 19.8 Å². The van der Waals surface area contributed by atoms with Gasteiger partial charge in [0.2, 0.25) is 0 Å². The fraction of sp³-hybridized carbons (Fsp3) is 0.867. The Morgan fingerprint density at radius 3 is 1.20 bits per heavy atom. The molecule has 0 amide bonds. The van der Waals surface area contributed by atoms with Gasteiger partial charge in [-0.3, -0.25) is 9.59 Å². The van der Waals surface area contributed by atoms with E-state index in [1.54, 1.807) is 0 Å². The number of unbranched alkanes of at least 4 members (excludes halogenated alkanes) is 25. The molecule has 5 nitrogen and oxygen atoms in total. The Balaban J connectivity index is 4.21. The number of carbonyl (C=O) groups is 2. The first kappa shape index (κ1) is 48.4. The first-order valence-electron chi connectivity index (χ1n) is 21.9. The van der Waals surface area contributed by atoms with Gasteiger partial charge in [-0.2, -0.15) is 0 Å². The van der Waals surface area contributed by atoms with Gasteiger partial charge in [0.1, 0.15) is 19.3 Å². The highest BCUT2D eigenvalue weighted by Gasteiger charge is 2.16. The van der Waals surface area contributed by atoms with Gasteiger partial charge in [0, 0.05) is 19.4 Å². The highest BCUT2D eigenvalue weighted by atomic mass is 16.6. The maximum atomic E-state index is 12.4. The third kappa shape index (κ3) is 39.2. The van der Waals surface area contributed by atoms with E-state index in [9.17, 15) is 9.59 Å². The summed E-state index contributed by atoms with van der Waals surface area (Å²) in [5.41, 5.74) is 0. The molecule has 0 fully saturated rings. The zero-order valence-electron chi connectivity index (χ0n) is 33.7. The highest BCUT2D eigenvalue weighted by molar-refractivity contribution is 5.69. The summed E-state index contributed by atoms with van der Waals surface area (Å²) in [6, 6.07) is 0. The Labute approximate surface area is 311 Å². The monoisotopic (exact) mass is 705 g/mol. The van der Waals surface area contributed by atoms with E-state index in [0.717, 1.165) is 44.9 Å². The second kappa shape index (κ2) is 41.8. The smallest absolute Gasteiger partial charge is 0.305 e. The van der Waals surface area contributed by atoms with Crippen molar-refractivity contribution in [2.24, 2.45) is 0 Å². The average molecular weight is 705 g/mol. The van der Waals surface area contributed by atoms with Gasteiger partial charge in [-0.25, -0.2) is 0 Å². The number of esters is 2. The van der Waals surface area contributed by atoms with Gasteiger partial charge in [-0.05, 0) is 51.4 Å². The average Bonchev–Trinajstić information content (AvgIpc) is 3.12. The van der Waals surface area contributed by atoms with Crippen LogP contribution in [0, 0.1) is 0 Å². The van der Waals surface area contributed by atoms with E-state index in [1.807, 2.05) is 0 Å². The molecule has 0 heterocycles. The minimum Gasteiger partial charge on any atom is -0.463 e. The molecule has 0 aliphatic carbocycles. The van der Waals surface area contributed by atoms with E-state index in [4.69, 9.17) is 14.2 Å². The predicted molar refractivity (Wildman–Crippen MR) is 215 cm³/mol. The molecular weight excluding hydrogens is 620 g/mol. The van der Waals surface area contributed by atoms with Crippen LogP contribution in [0.3, 0.4) is 0 Å². The lowest BCUT2D eigenvalue weighted by atomic mass is 10.1. The van der Waals surface area contributed by atoms with Gasteiger partial charge in [-0.1, -0.05) is 186 Å². The van der Waals surface area contributed by atoms with Gasteiger partial charge in [0.05, 0.1) is 0 Å². The summed E-state index contributed by atoms with van der Waals surface area (Å²) in [5, 5.41) is 0. The molecule has 5 heteroatoms. The molecule has 0 aromatic carbocycles. The molecule has 0 spiro atoms. The van der Waals surface area contributed by atoms with Crippen molar-refractivity contribution in [2.45, 2.75) is 232 Å². The van der Waals surface area contributed by atoms with E-state index >= 15 is 0 Å². The van der Waals surface area contributed by atoms with Gasteiger partial charge < -0.3 is 14.2 Å². The number of ether oxygens (including phenoxy) is 3. The van der Waals surface area contributed by atoms with Gasteiger partial charge in [0.15, 0.2) is 0 Å². The Morgan fingerprint density at radius 1 is 0.420 bits per heavy atom. The molecule has 0 saturated heterocycles. The number of hydrogen-bond acceptors (Lipinski definition) is 5. The third-order valence-electron chi connectivity index (χ3n) is 9.53. The Bertz CT molecular complexity index is 723. The fourth-order valence-electron chi connectivity index (χ4n) is 6.16. The van der Waals surface area contributed by atoms with Crippen molar-refractivity contribution in [3.05, 3.63) is 24.3 Å². The normalized spacial score (nSPS) is 11.8. The quantitative estimate of drug-likeness (QED) is 0.0361. The van der Waals surface area contributed by atoms with Crippen LogP contribution in [0.4, 0.5) is 0 Å². The first-order chi connectivity index (χ1) is 24.6. The van der Waals surface area contributed by atoms with Gasteiger partial charge >= 0.3 is 11.9 Å². The fourth-order valence-corrected chi connectivity index (χ4v) is 6.16. The molecule has 294 valence electrons. The second-order valence-electron chi connectivity index (χ2n) is 14.6. The molecular formula is C45H84O5. The minimum atomic E-state index is -0.396. The zero-order chi connectivity index (χ0) is 36.4. The van der Waals surface area contributed by atoms with E-state index in [0.29, 0.717) is 19.4 Å². The molecule has 0 aliphatic heterocycles. The Kier molecular flexibility index (Phi) is 40.4. The molecule has 0 atom stereocenters. The van der Waals surface area contributed by atoms with Crippen molar-refractivity contribution in [3.8, 4) is 0 Å². The maximum absolute atomic E-state index is 12.4. The summed E-state index contributed by atoms with van der Waals surface area (Å²) in [6.45, 7) is 7.66. The van der Waals surface area contributed by atoms with Crippen LogP contribution in [0.1, 0.15) is 226 Å². The van der Waals surface area contributed by atoms with Crippen LogP contribution in [0.15, 0.2) is 24.3 Å². The summed E-state index contributed by atoms with van der Waals surface area (Å²) >= 11 is 0. The predicted octanol–water partition coefficient (Wildman–Crippen LogP) is 14.1. The second-order valence-corrected chi connectivity index (χ2v) is 14.6. The minimum absolute atomic E-state index is 0.156. The molecule has 0 rings (SSSR count). The molecule has 0 N–H and O–H groups in total. The molecule has 0 radical (unpaired) electrons. The molecule has 0 saturated carbocycles. The summed E-state index contributed by atoms with van der Waals surface area (Å²) in [4.78, 5) is 24.9. The van der Waals surface area contributed by atoms with Crippen molar-refractivity contribution in [1.29, 1.82) is 0 Å². The van der Waals surface area contributed by atoms with E-state index in [1.165, 1.54) is 148 Å². The van der Waals surface area contributed by atoms with Crippen molar-refractivity contribution in [3.63, 3.8) is 0 Å². The van der Waals surface area contributed by atoms with Crippen LogP contribution in [-0.2, 0) is 23.8 Å². The summed E-state index contributed by atoms with van der Waals surface area (Å²) in [7, 11) is 0. The van der Waals surface area contributed by atoms with Gasteiger partial charge in [0.25, 0.3) is 0 Å². The summed E-state index contributed by atoms with van der Waals surface area (Å²) in [5.74, 6) is -0.340. The number of hydrogen-bond donors (Lipinski definition) is 0. The largest absolute Gasteiger partial charge is 0.463 e. The zero-order valence-corrected chi connectivity index (χ0v) is 33.7. The van der Waals surface area contributed by atoms with Gasteiger partial charge in [-0.15, -0.1) is 0 Å². The molecule has 0 bridgehead atoms. The summed E-state index contributed by atoms with van der Waals surface area (Å²) < 4.78 is 17.3. The van der Waals surface area contributed by atoms with E-state index < -0.39 is 6.10 Å². The number of rotatable bonds is 40. The maximum Gasteiger partial charge on any atom is 0.305 e. The molecule has 0 unspecified atom stereocenters. The van der Waals surface area contributed by atoms with Crippen molar-refractivity contribution >= 4 is 11.9 Å². The van der Waals surface area contributed by atoms with Crippen molar-refractivity contribution < 1.29 is 23.8 Å². The standard InChI is InChI=1S/C45H84O5/c1-4-7-10-13-16-19-20-21-22-23-24-25-28-31-34-37-40-48-43(41-49-44(46)38-35-32-29-26-17-14-11-8-5-2)42-50-45(47)39-36-33-30-27-18-15-12-9-6-3/h16,19,21-22,43H,4-15,17-18,20,23-42H2,1-3H3/b19-16-,22-21-. The van der Waals surface area contributed by atoms with Crippen LogP contribution >= 0.6 is 0 Å². The van der Waals surface area contributed by atoms with Crippen LogP contribution < -0.4 is 0 Å². The molecule has 0 aliphatic rings. The molecule has 0 aromatic rings. The lowest BCUT2D eigenvalue weighted by Crippen LogP contribution is -2.29. The van der Waals surface area contributed by atoms with Crippen LogP contribution in [0.25, 0.3) is 0 Å². The number of carbonyl (C=O) groups excluding carboxylic acids is 2. The number of allylic oxidation sites excluding steroid dienone is 4. The summed E-state index contributed by atoms with van der Waals surface area (Å²) in [6.07, 6.45) is 46.2. The van der Waals surface area contributed by atoms with E-state index in [2.05, 4.69) is 45.1 Å². The Morgan fingerprint density at radius 2 is 0.760 bits per heavy atom. The highest BCUT2D eigenvalue weighted by Crippen LogP contribution is 2.13. The SMILES string of the molecule is CCCCC/C=C\C/C=C\CCCCCCCCOC(COC(=O)CCCCCCCCCCC)COC(=O)CCCCCCCCCCC. The van der Waals surface area contributed by atoms with Crippen LogP contribution in [0.2, 0.25) is 0 Å². The molecule has 50 heavy (non-hydrogen) atoms. The molecule has 0 aromatic heterocycles. The van der Waals surface area contributed by atoms with Crippen LogP contribution in [0.5, 0.6) is 0 Å². The first-order valence-corrected chi connectivity index (χ1v) is 21.9. The van der Waals surface area contributed by atoms with Crippen molar-refractivity contribution in [1.82, 2.24) is 0 Å². The van der Waals surface area contributed by atoms with E-state index in [-0.39, 0.29) is 25.2 Å². The van der Waals surface area contributed by atoms with Crippen LogP contribution in [-0.4, -0.2) is 37.9 Å². The Hall–Kier alpha value is -1.62. The lowest BCUT2D eigenvalue weighted by Gasteiger charge is -2.18. The third-order valence-corrected chi connectivity index (χ3v) is 9.53. The topological polar surface area (TPSA) is 61.8 Å². The lowest BCUT2D eigenvalue weighted by molar-refractivity contribution is -0.155.